The highest BCUT2D eigenvalue weighted by molar-refractivity contribution is 8.27. The summed E-state index contributed by atoms with van der Waals surface area (Å²) >= 11 is 8.26. The van der Waals surface area contributed by atoms with Gasteiger partial charge in [-0.15, -0.1) is 11.3 Å². The Hall–Kier alpha value is -1.63. The van der Waals surface area contributed by atoms with Crippen molar-refractivity contribution in [1.82, 2.24) is 0 Å². The van der Waals surface area contributed by atoms with Gasteiger partial charge in [0.2, 0.25) is 0 Å². The molecule has 0 bridgehead atoms. The van der Waals surface area contributed by atoms with E-state index in [1.54, 1.807) is 18.4 Å². The van der Waals surface area contributed by atoms with Crippen molar-refractivity contribution in [3.05, 3.63) is 51.6 Å². The van der Waals surface area contributed by atoms with E-state index in [-0.39, 0.29) is 5.91 Å². The molecule has 2 heterocycles. The first-order valence-corrected chi connectivity index (χ1v) is 8.25. The molecule has 1 aromatic carbocycles. The number of thiophene rings is 1. The van der Waals surface area contributed by atoms with Crippen molar-refractivity contribution in [1.29, 1.82) is 0 Å². The molecule has 0 unspecified atom stereocenters. The van der Waals surface area contributed by atoms with Crippen molar-refractivity contribution in [2.45, 2.75) is 0 Å². The van der Waals surface area contributed by atoms with Gasteiger partial charge in [0, 0.05) is 4.88 Å². The number of rotatable bonds is 3. The van der Waals surface area contributed by atoms with E-state index in [2.05, 4.69) is 0 Å². The van der Waals surface area contributed by atoms with Crippen LogP contribution in [0.1, 0.15) is 4.88 Å². The number of carbonyl (C=O) groups excluding carboxylic acids is 1. The second kappa shape index (κ2) is 6.01. The number of thiocarbonyl (C=S) groups is 1. The first-order chi connectivity index (χ1) is 10.2. The van der Waals surface area contributed by atoms with Gasteiger partial charge in [-0.3, -0.25) is 9.69 Å². The normalized spacial score (nSPS) is 16.8. The minimum Gasteiger partial charge on any atom is -0.495 e. The average molecular weight is 333 g/mol. The summed E-state index contributed by atoms with van der Waals surface area (Å²) in [4.78, 5) is 15.8. The molecule has 6 heteroatoms. The summed E-state index contributed by atoms with van der Waals surface area (Å²) < 4.78 is 5.84. The number of carbonyl (C=O) groups is 1. The van der Waals surface area contributed by atoms with E-state index in [1.165, 1.54) is 16.7 Å². The highest BCUT2D eigenvalue weighted by atomic mass is 32.2. The van der Waals surface area contributed by atoms with Crippen molar-refractivity contribution in [2.24, 2.45) is 0 Å². The Morgan fingerprint density at radius 1 is 1.24 bits per heavy atom. The summed E-state index contributed by atoms with van der Waals surface area (Å²) in [7, 11) is 1.58. The molecular weight excluding hydrogens is 322 g/mol. The van der Waals surface area contributed by atoms with Gasteiger partial charge in [-0.05, 0) is 29.7 Å². The number of thioether (sulfide) groups is 1. The van der Waals surface area contributed by atoms with Crippen LogP contribution in [0.2, 0.25) is 0 Å². The van der Waals surface area contributed by atoms with Gasteiger partial charge < -0.3 is 4.74 Å². The molecule has 106 valence electrons. The van der Waals surface area contributed by atoms with Crippen LogP contribution in [0.15, 0.2) is 46.7 Å². The number of hydrogen-bond acceptors (Lipinski definition) is 5. The van der Waals surface area contributed by atoms with Gasteiger partial charge in [0.1, 0.15) is 5.75 Å². The van der Waals surface area contributed by atoms with Gasteiger partial charge >= 0.3 is 0 Å². The zero-order valence-corrected chi connectivity index (χ0v) is 13.6. The van der Waals surface area contributed by atoms with Gasteiger partial charge in [0.15, 0.2) is 4.32 Å². The number of amides is 1. The number of ether oxygens (including phenoxy) is 1. The van der Waals surface area contributed by atoms with Crippen LogP contribution in [0.4, 0.5) is 5.69 Å². The molecule has 0 spiro atoms. The summed E-state index contributed by atoms with van der Waals surface area (Å²) in [5, 5.41) is 1.98. The van der Waals surface area contributed by atoms with E-state index >= 15 is 0 Å². The smallest absolute Gasteiger partial charge is 0.270 e. The first kappa shape index (κ1) is 14.3. The maximum Gasteiger partial charge on any atom is 0.270 e. The largest absolute Gasteiger partial charge is 0.495 e. The lowest BCUT2D eigenvalue weighted by Crippen LogP contribution is -2.27. The van der Waals surface area contributed by atoms with Gasteiger partial charge in [0.05, 0.1) is 17.7 Å². The van der Waals surface area contributed by atoms with Crippen LogP contribution in [0.25, 0.3) is 6.08 Å². The van der Waals surface area contributed by atoms with Crippen LogP contribution in [-0.2, 0) is 4.79 Å². The molecule has 1 aliphatic rings. The highest BCUT2D eigenvalue weighted by Gasteiger charge is 2.34. The predicted octanol–water partition coefficient (Wildman–Crippen LogP) is 4.16. The summed E-state index contributed by atoms with van der Waals surface area (Å²) in [6, 6.07) is 11.3. The molecular formula is C15H11NO2S3. The van der Waals surface area contributed by atoms with E-state index in [9.17, 15) is 4.79 Å². The Kier molecular flexibility index (Phi) is 4.10. The lowest BCUT2D eigenvalue weighted by Gasteiger charge is -2.17. The average Bonchev–Trinajstić information content (AvgIpc) is 3.09. The molecule has 21 heavy (non-hydrogen) atoms. The number of nitrogens with zero attached hydrogens (tertiary/aromatic N) is 1. The Morgan fingerprint density at radius 3 is 2.76 bits per heavy atom. The van der Waals surface area contributed by atoms with E-state index < -0.39 is 0 Å². The van der Waals surface area contributed by atoms with Crippen LogP contribution in [0, 0.1) is 0 Å². The zero-order valence-electron chi connectivity index (χ0n) is 11.1. The van der Waals surface area contributed by atoms with Crippen molar-refractivity contribution >= 4 is 57.3 Å². The van der Waals surface area contributed by atoms with Crippen LogP contribution >= 0.6 is 35.3 Å². The van der Waals surface area contributed by atoms with Crippen molar-refractivity contribution in [3.63, 3.8) is 0 Å². The molecule has 2 aromatic rings. The minimum atomic E-state index is -0.108. The number of anilines is 1. The van der Waals surface area contributed by atoms with Crippen LogP contribution in [0.3, 0.4) is 0 Å². The molecule has 1 aliphatic heterocycles. The fourth-order valence-electron chi connectivity index (χ4n) is 1.99. The fraction of sp³-hybridized carbons (Fsp3) is 0.0667. The van der Waals surface area contributed by atoms with E-state index in [0.717, 1.165) is 4.88 Å². The molecule has 0 saturated carbocycles. The van der Waals surface area contributed by atoms with Gasteiger partial charge in [0.25, 0.3) is 5.91 Å². The third-order valence-electron chi connectivity index (χ3n) is 2.94. The van der Waals surface area contributed by atoms with Crippen molar-refractivity contribution < 1.29 is 9.53 Å². The minimum absolute atomic E-state index is 0.108. The van der Waals surface area contributed by atoms with E-state index in [0.29, 0.717) is 20.7 Å². The summed E-state index contributed by atoms with van der Waals surface area (Å²) in [5.41, 5.74) is 0.678. The predicted molar refractivity (Wildman–Crippen MR) is 93.0 cm³/mol. The topological polar surface area (TPSA) is 29.5 Å². The fourth-order valence-corrected chi connectivity index (χ4v) is 4.00. The SMILES string of the molecule is COc1ccccc1N1C(=O)C(=Cc2cccs2)SC1=S. The van der Waals surface area contributed by atoms with E-state index in [1.807, 2.05) is 47.9 Å². The Labute approximate surface area is 136 Å². The number of methoxy groups -OCH3 is 1. The van der Waals surface area contributed by atoms with Crippen LogP contribution in [0.5, 0.6) is 5.75 Å². The molecule has 3 rings (SSSR count). The van der Waals surface area contributed by atoms with Crippen molar-refractivity contribution in [2.75, 3.05) is 12.0 Å². The number of benzene rings is 1. The zero-order chi connectivity index (χ0) is 14.8. The standard InChI is InChI=1S/C15H11NO2S3/c1-18-12-7-3-2-6-11(12)16-14(17)13(21-15(16)19)9-10-5-4-8-20-10/h2-9H,1H3. The molecule has 0 radical (unpaired) electrons. The highest BCUT2D eigenvalue weighted by Crippen LogP contribution is 2.39. The quantitative estimate of drug-likeness (QED) is 0.623. The Morgan fingerprint density at radius 2 is 2.05 bits per heavy atom. The van der Waals surface area contributed by atoms with Gasteiger partial charge in [-0.1, -0.05) is 42.2 Å². The second-order valence-electron chi connectivity index (χ2n) is 4.20. The molecule has 0 aliphatic carbocycles. The maximum absolute atomic E-state index is 12.6. The van der Waals surface area contributed by atoms with Crippen LogP contribution in [-0.4, -0.2) is 17.3 Å². The molecule has 1 fully saturated rings. The molecule has 1 aromatic heterocycles. The Bertz CT molecular complexity index is 722. The maximum atomic E-state index is 12.6. The molecule has 1 amide bonds. The van der Waals surface area contributed by atoms with Crippen LogP contribution < -0.4 is 9.64 Å². The van der Waals surface area contributed by atoms with Gasteiger partial charge in [-0.2, -0.15) is 0 Å². The summed E-state index contributed by atoms with van der Waals surface area (Å²) in [6.07, 6.45) is 1.87. The lowest BCUT2D eigenvalue weighted by molar-refractivity contribution is -0.113. The molecule has 3 nitrogen and oxygen atoms in total. The van der Waals surface area contributed by atoms with E-state index in [4.69, 9.17) is 17.0 Å². The molecule has 1 saturated heterocycles. The lowest BCUT2D eigenvalue weighted by atomic mass is 10.2. The Balaban J connectivity index is 1.98. The second-order valence-corrected chi connectivity index (χ2v) is 6.86. The number of para-hydroxylation sites is 2. The molecule has 0 N–H and O–H groups in total. The first-order valence-electron chi connectivity index (χ1n) is 6.15. The number of hydrogen-bond donors (Lipinski definition) is 0. The third-order valence-corrected chi connectivity index (χ3v) is 5.06. The van der Waals surface area contributed by atoms with Crippen molar-refractivity contribution in [3.8, 4) is 5.75 Å². The molecule has 0 atom stereocenters. The monoisotopic (exact) mass is 333 g/mol. The third kappa shape index (κ3) is 2.74. The summed E-state index contributed by atoms with van der Waals surface area (Å²) in [6.45, 7) is 0. The summed E-state index contributed by atoms with van der Waals surface area (Å²) in [5.74, 6) is 0.522. The van der Waals surface area contributed by atoms with Gasteiger partial charge in [-0.25, -0.2) is 0 Å².